The number of benzene rings is 2. The van der Waals surface area contributed by atoms with Gasteiger partial charge in [0.1, 0.15) is 0 Å². The average molecular weight is 536 g/mol. The number of imide groups is 1. The molecule has 2 heterocycles. The molecule has 208 valence electrons. The predicted octanol–water partition coefficient (Wildman–Crippen LogP) is 3.32. The number of aliphatic carboxylic acids is 1. The SMILES string of the molecule is O=C(O)C(CCN1C(=O)c2cc3ccccc3cc2C1=O)CC1(C(=O)NCCN2CCOCC2)CCCCC1. The zero-order valence-electron chi connectivity index (χ0n) is 22.3. The van der Waals surface area contributed by atoms with Crippen molar-refractivity contribution in [3.63, 3.8) is 0 Å². The number of carboxylic acids is 1. The first-order valence-corrected chi connectivity index (χ1v) is 14.1. The van der Waals surface area contributed by atoms with Gasteiger partial charge in [0, 0.05) is 38.1 Å². The molecule has 3 amide bonds. The summed E-state index contributed by atoms with van der Waals surface area (Å²) >= 11 is 0. The Bertz CT molecular complexity index is 1190. The Balaban J connectivity index is 1.24. The third kappa shape index (κ3) is 5.84. The molecular weight excluding hydrogens is 498 g/mol. The van der Waals surface area contributed by atoms with Crippen LogP contribution in [0.5, 0.6) is 0 Å². The lowest BCUT2D eigenvalue weighted by Gasteiger charge is -2.38. The summed E-state index contributed by atoms with van der Waals surface area (Å²) in [6.07, 6.45) is 4.43. The number of amides is 3. The molecule has 1 saturated carbocycles. The lowest BCUT2D eigenvalue weighted by molar-refractivity contribution is -0.145. The maximum atomic E-state index is 13.5. The van der Waals surface area contributed by atoms with Gasteiger partial charge in [-0.3, -0.25) is 29.0 Å². The molecule has 2 aromatic rings. The van der Waals surface area contributed by atoms with Crippen molar-refractivity contribution in [1.82, 2.24) is 15.1 Å². The van der Waals surface area contributed by atoms with E-state index in [1.165, 1.54) is 0 Å². The van der Waals surface area contributed by atoms with Gasteiger partial charge in [-0.15, -0.1) is 0 Å². The number of carboxylic acid groups (broad SMARTS) is 1. The Morgan fingerprint density at radius 3 is 2.15 bits per heavy atom. The highest BCUT2D eigenvalue weighted by Crippen LogP contribution is 2.43. The quantitative estimate of drug-likeness (QED) is 0.449. The minimum absolute atomic E-state index is 0.00832. The van der Waals surface area contributed by atoms with E-state index in [2.05, 4.69) is 10.2 Å². The van der Waals surface area contributed by atoms with E-state index in [0.29, 0.717) is 43.7 Å². The van der Waals surface area contributed by atoms with Crippen LogP contribution in [0.2, 0.25) is 0 Å². The van der Waals surface area contributed by atoms with Crippen molar-refractivity contribution in [3.8, 4) is 0 Å². The fraction of sp³-hybridized carbons (Fsp3) is 0.533. The summed E-state index contributed by atoms with van der Waals surface area (Å²) in [5.74, 6) is -2.69. The van der Waals surface area contributed by atoms with Crippen molar-refractivity contribution in [2.24, 2.45) is 11.3 Å². The first-order valence-electron chi connectivity index (χ1n) is 14.1. The van der Waals surface area contributed by atoms with E-state index < -0.39 is 29.1 Å². The van der Waals surface area contributed by atoms with Crippen molar-refractivity contribution in [1.29, 1.82) is 0 Å². The standard InChI is InChI=1S/C30H37N3O6/c34-26-24-18-21-6-2-3-7-22(21)19-25(24)27(35)33(26)12-8-23(28(36)37)20-30(9-4-1-5-10-30)29(38)31-11-13-32-14-16-39-17-15-32/h2-3,6-7,18-19,23H,1,4-5,8-17,20H2,(H,31,38)(H,36,37). The molecule has 1 aliphatic carbocycles. The van der Waals surface area contributed by atoms with Crippen LogP contribution in [0.3, 0.4) is 0 Å². The highest BCUT2D eigenvalue weighted by molar-refractivity contribution is 6.23. The van der Waals surface area contributed by atoms with Crippen molar-refractivity contribution in [2.75, 3.05) is 45.9 Å². The van der Waals surface area contributed by atoms with E-state index >= 15 is 0 Å². The molecule has 1 unspecified atom stereocenters. The molecular formula is C30H37N3O6. The second kappa shape index (κ2) is 11.8. The zero-order valence-corrected chi connectivity index (χ0v) is 22.3. The van der Waals surface area contributed by atoms with Gasteiger partial charge >= 0.3 is 5.97 Å². The molecule has 1 atom stereocenters. The number of rotatable bonds is 10. The molecule has 2 aromatic carbocycles. The largest absolute Gasteiger partial charge is 0.481 e. The fourth-order valence-corrected chi connectivity index (χ4v) is 6.34. The lowest BCUT2D eigenvalue weighted by atomic mass is 9.68. The Kier molecular flexibility index (Phi) is 8.28. The molecule has 1 saturated heterocycles. The highest BCUT2D eigenvalue weighted by Gasteiger charge is 2.43. The molecule has 0 bridgehead atoms. The van der Waals surface area contributed by atoms with E-state index in [4.69, 9.17) is 4.74 Å². The zero-order chi connectivity index (χ0) is 27.4. The van der Waals surface area contributed by atoms with Gasteiger partial charge in [-0.2, -0.15) is 0 Å². The number of hydrogen-bond donors (Lipinski definition) is 2. The van der Waals surface area contributed by atoms with Gasteiger partial charge < -0.3 is 15.2 Å². The van der Waals surface area contributed by atoms with Gasteiger partial charge in [-0.1, -0.05) is 43.5 Å². The summed E-state index contributed by atoms with van der Waals surface area (Å²) in [6, 6.07) is 11.0. The minimum Gasteiger partial charge on any atom is -0.481 e. The van der Waals surface area contributed by atoms with Gasteiger partial charge in [0.15, 0.2) is 0 Å². The van der Waals surface area contributed by atoms with Crippen molar-refractivity contribution in [2.45, 2.75) is 44.9 Å². The van der Waals surface area contributed by atoms with Crippen LogP contribution in [0.25, 0.3) is 10.8 Å². The summed E-state index contributed by atoms with van der Waals surface area (Å²) in [7, 11) is 0. The van der Waals surface area contributed by atoms with E-state index in [-0.39, 0.29) is 25.3 Å². The smallest absolute Gasteiger partial charge is 0.306 e. The average Bonchev–Trinajstić information content (AvgIpc) is 3.18. The Morgan fingerprint density at radius 1 is 0.949 bits per heavy atom. The molecule has 2 N–H and O–H groups in total. The molecule has 5 rings (SSSR count). The van der Waals surface area contributed by atoms with E-state index in [1.54, 1.807) is 12.1 Å². The number of ether oxygens (including phenoxy) is 1. The van der Waals surface area contributed by atoms with Crippen LogP contribution in [0.15, 0.2) is 36.4 Å². The van der Waals surface area contributed by atoms with E-state index in [0.717, 1.165) is 54.6 Å². The molecule has 39 heavy (non-hydrogen) atoms. The molecule has 2 aliphatic heterocycles. The summed E-state index contributed by atoms with van der Waals surface area (Å²) in [4.78, 5) is 55.5. The summed E-state index contributed by atoms with van der Waals surface area (Å²) in [5, 5.41) is 15.0. The number of carbonyl (C=O) groups is 4. The van der Waals surface area contributed by atoms with Crippen molar-refractivity contribution < 1.29 is 29.0 Å². The summed E-state index contributed by atoms with van der Waals surface area (Å²) < 4.78 is 5.38. The van der Waals surface area contributed by atoms with E-state index in [1.807, 2.05) is 24.3 Å². The second-order valence-corrected chi connectivity index (χ2v) is 11.1. The number of carbonyl (C=O) groups excluding carboxylic acids is 3. The maximum Gasteiger partial charge on any atom is 0.306 e. The van der Waals surface area contributed by atoms with Crippen molar-refractivity contribution >= 4 is 34.5 Å². The first kappa shape index (κ1) is 27.3. The van der Waals surface area contributed by atoms with Crippen LogP contribution in [0, 0.1) is 11.3 Å². The fourth-order valence-electron chi connectivity index (χ4n) is 6.34. The van der Waals surface area contributed by atoms with Crippen LogP contribution in [-0.4, -0.2) is 84.5 Å². The summed E-state index contributed by atoms with van der Waals surface area (Å²) in [5.41, 5.74) is -0.0330. The van der Waals surface area contributed by atoms with Crippen LogP contribution < -0.4 is 5.32 Å². The number of fused-ring (bicyclic) bond motifs is 2. The molecule has 3 aliphatic rings. The molecule has 0 radical (unpaired) electrons. The van der Waals surface area contributed by atoms with Crippen LogP contribution in [-0.2, 0) is 14.3 Å². The van der Waals surface area contributed by atoms with Gasteiger partial charge in [0.2, 0.25) is 5.91 Å². The minimum atomic E-state index is -0.997. The monoisotopic (exact) mass is 535 g/mol. The Labute approximate surface area is 228 Å². The topological polar surface area (TPSA) is 116 Å². The highest BCUT2D eigenvalue weighted by atomic mass is 16.5. The second-order valence-electron chi connectivity index (χ2n) is 11.1. The third-order valence-electron chi connectivity index (χ3n) is 8.63. The van der Waals surface area contributed by atoms with Crippen LogP contribution >= 0.6 is 0 Å². The van der Waals surface area contributed by atoms with E-state index in [9.17, 15) is 24.3 Å². The number of nitrogens with zero attached hydrogens (tertiary/aromatic N) is 2. The van der Waals surface area contributed by atoms with Crippen LogP contribution in [0.1, 0.15) is 65.7 Å². The van der Waals surface area contributed by atoms with Gasteiger partial charge in [-0.05, 0) is 48.6 Å². The molecule has 9 nitrogen and oxygen atoms in total. The maximum absolute atomic E-state index is 13.5. The first-order chi connectivity index (χ1) is 18.9. The number of hydrogen-bond acceptors (Lipinski definition) is 6. The van der Waals surface area contributed by atoms with Gasteiger partial charge in [0.05, 0.1) is 30.3 Å². The third-order valence-corrected chi connectivity index (χ3v) is 8.63. The Hall–Kier alpha value is -3.30. The summed E-state index contributed by atoms with van der Waals surface area (Å²) in [6.45, 7) is 4.34. The predicted molar refractivity (Wildman–Crippen MR) is 145 cm³/mol. The van der Waals surface area contributed by atoms with Crippen molar-refractivity contribution in [3.05, 3.63) is 47.5 Å². The van der Waals surface area contributed by atoms with Gasteiger partial charge in [0.25, 0.3) is 11.8 Å². The van der Waals surface area contributed by atoms with Crippen LogP contribution in [0.4, 0.5) is 0 Å². The normalized spacial score (nSPS) is 20.2. The Morgan fingerprint density at radius 2 is 1.56 bits per heavy atom. The molecule has 0 aromatic heterocycles. The number of morpholine rings is 1. The molecule has 9 heteroatoms. The molecule has 0 spiro atoms. The van der Waals surface area contributed by atoms with Gasteiger partial charge in [-0.25, -0.2) is 0 Å². The lowest BCUT2D eigenvalue weighted by Crippen LogP contribution is -2.47. The molecule has 2 fully saturated rings. The number of nitrogens with one attached hydrogen (secondary N) is 1.